The molecule has 0 aliphatic rings. The summed E-state index contributed by atoms with van der Waals surface area (Å²) in [6.45, 7) is 2.97. The third kappa shape index (κ3) is 2.43. The van der Waals surface area contributed by atoms with Crippen LogP contribution >= 0.6 is 15.9 Å². The van der Waals surface area contributed by atoms with Gasteiger partial charge < -0.3 is 4.42 Å². The fourth-order valence-corrected chi connectivity index (χ4v) is 2.35. The molecule has 1 unspecified atom stereocenters. The highest BCUT2D eigenvalue weighted by atomic mass is 79.9. The van der Waals surface area contributed by atoms with Crippen LogP contribution in [0.2, 0.25) is 0 Å². The van der Waals surface area contributed by atoms with Crippen molar-refractivity contribution in [2.45, 2.75) is 25.9 Å². The number of aromatic nitrogens is 2. The number of furan rings is 1. The highest BCUT2D eigenvalue weighted by Crippen LogP contribution is 2.28. The molecular formula is C11H15BrN4O. The number of nitrogens with two attached hydrogens (primary N) is 1. The van der Waals surface area contributed by atoms with Crippen LogP contribution in [-0.4, -0.2) is 9.78 Å². The van der Waals surface area contributed by atoms with Crippen molar-refractivity contribution in [2.75, 3.05) is 0 Å². The Labute approximate surface area is 108 Å². The average Bonchev–Trinajstić information content (AvgIpc) is 2.94. The summed E-state index contributed by atoms with van der Waals surface area (Å²) in [5, 5.41) is 4.33. The molecule has 6 heteroatoms. The highest BCUT2D eigenvalue weighted by molar-refractivity contribution is 9.10. The Balaban J connectivity index is 2.39. The van der Waals surface area contributed by atoms with Gasteiger partial charge in [0.05, 0.1) is 34.9 Å². The normalized spacial score (nSPS) is 12.9. The minimum atomic E-state index is -0.128. The number of nitrogens with one attached hydrogen (secondary N) is 1. The third-order valence-electron chi connectivity index (χ3n) is 2.59. The summed E-state index contributed by atoms with van der Waals surface area (Å²) in [7, 11) is 0. The Morgan fingerprint density at radius 1 is 1.65 bits per heavy atom. The van der Waals surface area contributed by atoms with Crippen molar-refractivity contribution >= 4 is 15.9 Å². The number of halogens is 1. The summed E-state index contributed by atoms with van der Waals surface area (Å²) >= 11 is 3.50. The zero-order valence-corrected chi connectivity index (χ0v) is 11.1. The SMILES string of the molecule is CCCn1ncc(Br)c1C(NN)c1ccoc1. The third-order valence-corrected chi connectivity index (χ3v) is 3.20. The molecule has 0 radical (unpaired) electrons. The minimum absolute atomic E-state index is 0.128. The van der Waals surface area contributed by atoms with Crippen LogP contribution in [-0.2, 0) is 6.54 Å². The van der Waals surface area contributed by atoms with Gasteiger partial charge in [-0.05, 0) is 28.4 Å². The Bertz CT molecular complexity index is 466. The lowest BCUT2D eigenvalue weighted by molar-refractivity contribution is 0.510. The summed E-state index contributed by atoms with van der Waals surface area (Å²) in [6, 6.07) is 1.76. The molecular weight excluding hydrogens is 284 g/mol. The molecule has 0 saturated carbocycles. The topological polar surface area (TPSA) is 69.0 Å². The maximum Gasteiger partial charge on any atom is 0.0954 e. The Hall–Kier alpha value is -1.11. The molecule has 92 valence electrons. The molecule has 2 aromatic rings. The van der Waals surface area contributed by atoms with E-state index >= 15 is 0 Å². The van der Waals surface area contributed by atoms with Gasteiger partial charge in [0.25, 0.3) is 0 Å². The molecule has 0 amide bonds. The van der Waals surface area contributed by atoms with Crippen LogP contribution in [0.5, 0.6) is 0 Å². The Morgan fingerprint density at radius 3 is 3.06 bits per heavy atom. The van der Waals surface area contributed by atoms with Crippen LogP contribution in [0.1, 0.15) is 30.6 Å². The number of hydrogen-bond donors (Lipinski definition) is 2. The maximum absolute atomic E-state index is 5.64. The maximum atomic E-state index is 5.64. The second-order valence-electron chi connectivity index (χ2n) is 3.76. The van der Waals surface area contributed by atoms with Gasteiger partial charge in [-0.2, -0.15) is 5.10 Å². The van der Waals surface area contributed by atoms with Gasteiger partial charge in [-0.1, -0.05) is 6.92 Å². The van der Waals surface area contributed by atoms with Crippen LogP contribution in [0.25, 0.3) is 0 Å². The van der Waals surface area contributed by atoms with E-state index in [0.717, 1.165) is 28.7 Å². The van der Waals surface area contributed by atoms with Crippen LogP contribution in [0, 0.1) is 0 Å². The smallest absolute Gasteiger partial charge is 0.0954 e. The van der Waals surface area contributed by atoms with E-state index in [1.54, 1.807) is 18.7 Å². The molecule has 0 aliphatic heterocycles. The lowest BCUT2D eigenvalue weighted by Gasteiger charge is -2.16. The van der Waals surface area contributed by atoms with Crippen LogP contribution in [0.15, 0.2) is 33.7 Å². The molecule has 0 aliphatic carbocycles. The fraction of sp³-hybridized carbons (Fsp3) is 0.364. The van der Waals surface area contributed by atoms with Crippen molar-refractivity contribution < 1.29 is 4.42 Å². The summed E-state index contributed by atoms with van der Waals surface area (Å²) in [4.78, 5) is 0. The van der Waals surface area contributed by atoms with Gasteiger partial charge in [0.1, 0.15) is 0 Å². The van der Waals surface area contributed by atoms with Crippen molar-refractivity contribution in [1.29, 1.82) is 0 Å². The predicted octanol–water partition coefficient (Wildman–Crippen LogP) is 2.20. The van der Waals surface area contributed by atoms with Crippen molar-refractivity contribution in [3.63, 3.8) is 0 Å². The van der Waals surface area contributed by atoms with Crippen molar-refractivity contribution in [2.24, 2.45) is 5.84 Å². The molecule has 2 rings (SSSR count). The largest absolute Gasteiger partial charge is 0.472 e. The molecule has 0 aromatic carbocycles. The molecule has 5 nitrogen and oxygen atoms in total. The first-order valence-electron chi connectivity index (χ1n) is 5.47. The predicted molar refractivity (Wildman–Crippen MR) is 68.1 cm³/mol. The quantitative estimate of drug-likeness (QED) is 0.656. The van der Waals surface area contributed by atoms with E-state index in [1.165, 1.54) is 0 Å². The molecule has 3 N–H and O–H groups in total. The van der Waals surface area contributed by atoms with Crippen molar-refractivity contribution in [1.82, 2.24) is 15.2 Å². The van der Waals surface area contributed by atoms with Crippen LogP contribution < -0.4 is 11.3 Å². The van der Waals surface area contributed by atoms with E-state index in [4.69, 9.17) is 10.3 Å². The van der Waals surface area contributed by atoms with Gasteiger partial charge in [-0.3, -0.25) is 10.5 Å². The first-order chi connectivity index (χ1) is 8.27. The second-order valence-corrected chi connectivity index (χ2v) is 4.61. The van der Waals surface area contributed by atoms with E-state index in [-0.39, 0.29) is 6.04 Å². The molecule has 0 fully saturated rings. The van der Waals surface area contributed by atoms with Gasteiger partial charge in [0.15, 0.2) is 0 Å². The van der Waals surface area contributed by atoms with E-state index in [9.17, 15) is 0 Å². The summed E-state index contributed by atoms with van der Waals surface area (Å²) in [5.41, 5.74) is 4.78. The van der Waals surface area contributed by atoms with Gasteiger partial charge in [-0.25, -0.2) is 5.43 Å². The standard InChI is InChI=1S/C11H15BrN4O/c1-2-4-16-11(9(12)6-14-16)10(15-13)8-3-5-17-7-8/h3,5-7,10,15H,2,4,13H2,1H3. The van der Waals surface area contributed by atoms with Gasteiger partial charge >= 0.3 is 0 Å². The average molecular weight is 299 g/mol. The minimum Gasteiger partial charge on any atom is -0.472 e. The highest BCUT2D eigenvalue weighted by Gasteiger charge is 2.21. The van der Waals surface area contributed by atoms with Crippen LogP contribution in [0.4, 0.5) is 0 Å². The first kappa shape index (κ1) is 12.3. The molecule has 0 spiro atoms. The number of hydrazine groups is 1. The first-order valence-corrected chi connectivity index (χ1v) is 6.26. The molecule has 17 heavy (non-hydrogen) atoms. The van der Waals surface area contributed by atoms with Gasteiger partial charge in [0.2, 0.25) is 0 Å². The molecule has 1 atom stereocenters. The number of aryl methyl sites for hydroxylation is 1. The number of hydrogen-bond acceptors (Lipinski definition) is 4. The van der Waals surface area contributed by atoms with Crippen molar-refractivity contribution in [3.8, 4) is 0 Å². The van der Waals surface area contributed by atoms with E-state index in [2.05, 4.69) is 33.4 Å². The second kappa shape index (κ2) is 5.48. The lowest BCUT2D eigenvalue weighted by atomic mass is 10.1. The van der Waals surface area contributed by atoms with E-state index in [1.807, 2.05) is 10.7 Å². The zero-order chi connectivity index (χ0) is 12.3. The number of nitrogens with zero attached hydrogens (tertiary/aromatic N) is 2. The Kier molecular flexibility index (Phi) is 3.98. The van der Waals surface area contributed by atoms with Crippen molar-refractivity contribution in [3.05, 3.63) is 40.5 Å². The summed E-state index contributed by atoms with van der Waals surface area (Å²) in [5.74, 6) is 5.64. The number of rotatable bonds is 5. The fourth-order valence-electron chi connectivity index (χ4n) is 1.82. The molecule has 0 saturated heterocycles. The lowest BCUT2D eigenvalue weighted by Crippen LogP contribution is -2.30. The monoisotopic (exact) mass is 298 g/mol. The zero-order valence-electron chi connectivity index (χ0n) is 9.56. The Morgan fingerprint density at radius 2 is 2.47 bits per heavy atom. The van der Waals surface area contributed by atoms with E-state index in [0.29, 0.717) is 0 Å². The summed E-state index contributed by atoms with van der Waals surface area (Å²) < 4.78 is 7.98. The molecule has 2 aromatic heterocycles. The van der Waals surface area contributed by atoms with Gasteiger partial charge in [-0.15, -0.1) is 0 Å². The molecule has 2 heterocycles. The van der Waals surface area contributed by atoms with Crippen LogP contribution in [0.3, 0.4) is 0 Å². The summed E-state index contributed by atoms with van der Waals surface area (Å²) in [6.07, 6.45) is 6.12. The molecule has 0 bridgehead atoms. The van der Waals surface area contributed by atoms with E-state index < -0.39 is 0 Å². The van der Waals surface area contributed by atoms with Gasteiger partial charge in [0, 0.05) is 12.1 Å².